The normalized spacial score (nSPS) is 11.4. The molecular weight excluding hydrogens is 257 g/mol. The number of hydrogen-bond donors (Lipinski definition) is 1. The van der Waals surface area contributed by atoms with Crippen molar-refractivity contribution >= 4 is 5.91 Å². The number of rotatable bonds is 2. The van der Waals surface area contributed by atoms with Gasteiger partial charge in [0.15, 0.2) is 0 Å². The zero-order chi connectivity index (χ0) is 14.9. The Balaban J connectivity index is 2.38. The molecule has 20 heavy (non-hydrogen) atoms. The van der Waals surface area contributed by atoms with E-state index < -0.39 is 0 Å². The summed E-state index contributed by atoms with van der Waals surface area (Å²) in [7, 11) is 0. The number of carbonyl (C=O) groups excluding carboxylic acids is 1. The molecule has 0 aliphatic heterocycles. The predicted octanol–water partition coefficient (Wildman–Crippen LogP) is 2.85. The van der Waals surface area contributed by atoms with Gasteiger partial charge in [-0.15, -0.1) is 0 Å². The average Bonchev–Trinajstić information content (AvgIpc) is 2.69. The molecule has 1 aromatic heterocycles. The number of hydrogen-bond acceptors (Lipinski definition) is 2. The molecule has 2 rings (SSSR count). The van der Waals surface area contributed by atoms with Crippen molar-refractivity contribution in [2.45, 2.75) is 33.2 Å². The third kappa shape index (κ3) is 2.87. The van der Waals surface area contributed by atoms with Crippen molar-refractivity contribution in [3.8, 4) is 5.69 Å². The molecule has 2 aromatic rings. The van der Waals surface area contributed by atoms with E-state index in [2.05, 4.69) is 10.4 Å². The number of nitrogens with zero attached hydrogens (tertiary/aromatic N) is 2. The molecule has 0 radical (unpaired) electrons. The van der Waals surface area contributed by atoms with Gasteiger partial charge in [-0.3, -0.25) is 4.79 Å². The lowest BCUT2D eigenvalue weighted by molar-refractivity contribution is 0.0919. The quantitative estimate of drug-likeness (QED) is 0.916. The molecule has 0 saturated carbocycles. The van der Waals surface area contributed by atoms with E-state index in [1.54, 1.807) is 25.1 Å². The summed E-state index contributed by atoms with van der Waals surface area (Å²) < 4.78 is 15.2. The number of aromatic nitrogens is 2. The van der Waals surface area contributed by atoms with E-state index >= 15 is 0 Å². The van der Waals surface area contributed by atoms with Gasteiger partial charge >= 0.3 is 0 Å². The molecule has 0 aliphatic carbocycles. The first-order chi connectivity index (χ1) is 9.29. The Hall–Kier alpha value is -2.17. The Morgan fingerprint density at radius 2 is 1.95 bits per heavy atom. The first-order valence-electron chi connectivity index (χ1n) is 6.41. The van der Waals surface area contributed by atoms with Gasteiger partial charge in [-0.05, 0) is 39.8 Å². The SMILES string of the molecule is Cc1c(C(=O)NC(C)(C)C)cnn1-c1ccccc1F. The number of carbonyl (C=O) groups is 1. The largest absolute Gasteiger partial charge is 0.347 e. The van der Waals surface area contributed by atoms with Gasteiger partial charge in [0, 0.05) is 5.54 Å². The summed E-state index contributed by atoms with van der Waals surface area (Å²) in [5.41, 5.74) is 1.06. The summed E-state index contributed by atoms with van der Waals surface area (Å²) in [5, 5.41) is 6.98. The van der Waals surface area contributed by atoms with E-state index in [-0.39, 0.29) is 17.3 Å². The lowest BCUT2D eigenvalue weighted by Crippen LogP contribution is -2.40. The molecule has 106 valence electrons. The van der Waals surface area contributed by atoms with Crippen molar-refractivity contribution in [2.75, 3.05) is 0 Å². The third-order valence-electron chi connectivity index (χ3n) is 2.82. The maximum Gasteiger partial charge on any atom is 0.255 e. The molecule has 0 bridgehead atoms. The van der Waals surface area contributed by atoms with Gasteiger partial charge in [-0.1, -0.05) is 12.1 Å². The number of benzene rings is 1. The zero-order valence-corrected chi connectivity index (χ0v) is 12.1. The average molecular weight is 275 g/mol. The number of halogens is 1. The minimum atomic E-state index is -0.374. The minimum absolute atomic E-state index is 0.211. The van der Waals surface area contributed by atoms with Crippen LogP contribution in [0.15, 0.2) is 30.5 Å². The van der Waals surface area contributed by atoms with Crippen molar-refractivity contribution in [3.63, 3.8) is 0 Å². The Bertz CT molecular complexity index is 641. The standard InChI is InChI=1S/C15H18FN3O/c1-10-11(14(20)18-15(2,3)4)9-17-19(10)13-8-6-5-7-12(13)16/h5-9H,1-4H3,(H,18,20). The monoisotopic (exact) mass is 275 g/mol. The Labute approximate surface area is 117 Å². The van der Waals surface area contributed by atoms with Crippen molar-refractivity contribution in [1.82, 2.24) is 15.1 Å². The molecule has 1 aromatic carbocycles. The molecule has 0 unspecified atom stereocenters. The van der Waals surface area contributed by atoms with Gasteiger partial charge in [0.05, 0.1) is 17.5 Å². The Morgan fingerprint density at radius 3 is 2.55 bits per heavy atom. The van der Waals surface area contributed by atoms with Crippen LogP contribution in [0.3, 0.4) is 0 Å². The summed E-state index contributed by atoms with van der Waals surface area (Å²) in [4.78, 5) is 12.2. The van der Waals surface area contributed by atoms with Crippen LogP contribution in [-0.2, 0) is 0 Å². The van der Waals surface area contributed by atoms with Crippen LogP contribution < -0.4 is 5.32 Å². The number of amides is 1. The van der Waals surface area contributed by atoms with Crippen molar-refractivity contribution < 1.29 is 9.18 Å². The highest BCUT2D eigenvalue weighted by Gasteiger charge is 2.20. The lowest BCUT2D eigenvalue weighted by Gasteiger charge is -2.20. The van der Waals surface area contributed by atoms with Crippen LogP contribution in [-0.4, -0.2) is 21.2 Å². The van der Waals surface area contributed by atoms with Crippen LogP contribution in [0.4, 0.5) is 4.39 Å². The fraction of sp³-hybridized carbons (Fsp3) is 0.333. The van der Waals surface area contributed by atoms with Crippen molar-refractivity contribution in [2.24, 2.45) is 0 Å². The smallest absolute Gasteiger partial charge is 0.255 e. The molecular formula is C15H18FN3O. The fourth-order valence-electron chi connectivity index (χ4n) is 1.91. The van der Waals surface area contributed by atoms with E-state index in [1.807, 2.05) is 20.8 Å². The Kier molecular flexibility index (Phi) is 3.61. The molecule has 5 heteroatoms. The van der Waals surface area contributed by atoms with Crippen LogP contribution in [0, 0.1) is 12.7 Å². The van der Waals surface area contributed by atoms with Gasteiger partial charge in [-0.2, -0.15) is 5.10 Å². The fourth-order valence-corrected chi connectivity index (χ4v) is 1.91. The van der Waals surface area contributed by atoms with E-state index in [0.29, 0.717) is 16.9 Å². The van der Waals surface area contributed by atoms with Crippen LogP contribution in [0.25, 0.3) is 5.69 Å². The van der Waals surface area contributed by atoms with Crippen LogP contribution in [0.1, 0.15) is 36.8 Å². The van der Waals surface area contributed by atoms with E-state index in [4.69, 9.17) is 0 Å². The van der Waals surface area contributed by atoms with E-state index in [1.165, 1.54) is 16.9 Å². The summed E-state index contributed by atoms with van der Waals surface area (Å²) in [6.45, 7) is 7.46. The summed E-state index contributed by atoms with van der Waals surface area (Å²) in [5.74, 6) is -0.584. The van der Waals surface area contributed by atoms with Crippen molar-refractivity contribution in [3.05, 3.63) is 47.5 Å². The summed E-state index contributed by atoms with van der Waals surface area (Å²) in [6.07, 6.45) is 1.46. The van der Waals surface area contributed by atoms with Crippen molar-refractivity contribution in [1.29, 1.82) is 0 Å². The molecule has 1 N–H and O–H groups in total. The molecule has 1 heterocycles. The highest BCUT2D eigenvalue weighted by molar-refractivity contribution is 5.95. The Morgan fingerprint density at radius 1 is 1.30 bits per heavy atom. The molecule has 0 fully saturated rings. The predicted molar refractivity (Wildman–Crippen MR) is 75.5 cm³/mol. The van der Waals surface area contributed by atoms with Gasteiger partial charge in [-0.25, -0.2) is 9.07 Å². The van der Waals surface area contributed by atoms with Crippen LogP contribution in [0.2, 0.25) is 0 Å². The molecule has 0 spiro atoms. The van der Waals surface area contributed by atoms with E-state index in [9.17, 15) is 9.18 Å². The second kappa shape index (κ2) is 5.07. The van der Waals surface area contributed by atoms with Gasteiger partial charge in [0.2, 0.25) is 0 Å². The summed E-state index contributed by atoms with van der Waals surface area (Å²) >= 11 is 0. The topological polar surface area (TPSA) is 46.9 Å². The second-order valence-electron chi connectivity index (χ2n) is 5.71. The molecule has 1 amide bonds. The summed E-state index contributed by atoms with van der Waals surface area (Å²) in [6, 6.07) is 6.34. The third-order valence-corrected chi connectivity index (χ3v) is 2.82. The first-order valence-corrected chi connectivity index (χ1v) is 6.41. The number of nitrogens with one attached hydrogen (secondary N) is 1. The highest BCUT2D eigenvalue weighted by atomic mass is 19.1. The molecule has 0 saturated heterocycles. The van der Waals surface area contributed by atoms with Gasteiger partial charge < -0.3 is 5.32 Å². The molecule has 0 aliphatic rings. The van der Waals surface area contributed by atoms with Gasteiger partial charge in [0.25, 0.3) is 5.91 Å². The van der Waals surface area contributed by atoms with E-state index in [0.717, 1.165) is 0 Å². The zero-order valence-electron chi connectivity index (χ0n) is 12.1. The number of para-hydroxylation sites is 1. The highest BCUT2D eigenvalue weighted by Crippen LogP contribution is 2.17. The van der Waals surface area contributed by atoms with Crippen LogP contribution in [0.5, 0.6) is 0 Å². The maximum atomic E-state index is 13.8. The molecule has 4 nitrogen and oxygen atoms in total. The second-order valence-corrected chi connectivity index (χ2v) is 5.71. The van der Waals surface area contributed by atoms with Gasteiger partial charge in [0.1, 0.15) is 11.5 Å². The lowest BCUT2D eigenvalue weighted by atomic mass is 10.1. The molecule has 0 atom stereocenters. The minimum Gasteiger partial charge on any atom is -0.347 e. The van der Waals surface area contributed by atoms with Crippen LogP contribution >= 0.6 is 0 Å². The first kappa shape index (κ1) is 14.2. The maximum absolute atomic E-state index is 13.8.